The summed E-state index contributed by atoms with van der Waals surface area (Å²) in [5.41, 5.74) is 6.05. The minimum atomic E-state index is -0.399. The Kier molecular flexibility index (Phi) is 4.10. The first-order chi connectivity index (χ1) is 6.63. The van der Waals surface area contributed by atoms with Crippen molar-refractivity contribution in [1.29, 1.82) is 0 Å². The first kappa shape index (κ1) is 11.2. The minimum absolute atomic E-state index is 0.211. The average molecular weight is 260 g/mol. The topological polar surface area (TPSA) is 35.2 Å². The Labute approximate surface area is 90.7 Å². The maximum Gasteiger partial charge on any atom is 0.166 e. The van der Waals surface area contributed by atoms with Crippen LogP contribution in [0.3, 0.4) is 0 Å². The first-order valence-electron chi connectivity index (χ1n) is 4.08. The van der Waals surface area contributed by atoms with Gasteiger partial charge in [-0.25, -0.2) is 4.39 Å². The van der Waals surface area contributed by atoms with Crippen LogP contribution >= 0.6 is 15.9 Å². The minimum Gasteiger partial charge on any atom is -0.486 e. The van der Waals surface area contributed by atoms with E-state index in [4.69, 9.17) is 10.5 Å². The molecule has 0 spiro atoms. The van der Waals surface area contributed by atoms with Crippen LogP contribution in [0, 0.1) is 5.82 Å². The molecule has 0 bridgehead atoms. The number of hydrogen-bond donors (Lipinski definition) is 1. The third-order valence-corrected chi connectivity index (χ3v) is 2.11. The second-order valence-corrected chi connectivity index (χ2v) is 3.73. The Hall–Kier alpha value is -0.870. The van der Waals surface area contributed by atoms with Crippen LogP contribution in [0.2, 0.25) is 0 Å². The largest absolute Gasteiger partial charge is 0.486 e. The molecule has 0 unspecified atom stereocenters. The van der Waals surface area contributed by atoms with Crippen LogP contribution in [-0.4, -0.2) is 13.2 Å². The van der Waals surface area contributed by atoms with Crippen molar-refractivity contribution in [2.24, 2.45) is 5.73 Å². The highest BCUT2D eigenvalue weighted by Crippen LogP contribution is 2.21. The van der Waals surface area contributed by atoms with Gasteiger partial charge in [-0.15, -0.1) is 0 Å². The van der Waals surface area contributed by atoms with Gasteiger partial charge in [-0.3, -0.25) is 0 Å². The van der Waals surface area contributed by atoms with E-state index in [9.17, 15) is 4.39 Å². The molecule has 0 atom stereocenters. The lowest BCUT2D eigenvalue weighted by Crippen LogP contribution is -2.10. The number of ether oxygens (including phenoxy) is 1. The van der Waals surface area contributed by atoms with Crippen molar-refractivity contribution in [2.45, 2.75) is 0 Å². The van der Waals surface area contributed by atoms with Gasteiger partial charge in [0, 0.05) is 11.0 Å². The fourth-order valence-corrected chi connectivity index (χ4v) is 1.16. The van der Waals surface area contributed by atoms with Crippen LogP contribution in [0.15, 0.2) is 34.8 Å². The standard InChI is InChI=1S/C10H11BrFNO/c1-7(5-13)6-14-10-3-2-8(11)4-9(10)12/h2-4H,1,5-6,13H2. The second kappa shape index (κ2) is 5.12. The Morgan fingerprint density at radius 2 is 2.29 bits per heavy atom. The zero-order valence-electron chi connectivity index (χ0n) is 7.59. The van der Waals surface area contributed by atoms with Crippen molar-refractivity contribution in [2.75, 3.05) is 13.2 Å². The molecule has 0 heterocycles. The highest BCUT2D eigenvalue weighted by atomic mass is 79.9. The van der Waals surface area contributed by atoms with E-state index in [0.717, 1.165) is 5.57 Å². The van der Waals surface area contributed by atoms with E-state index in [0.29, 0.717) is 11.0 Å². The van der Waals surface area contributed by atoms with Crippen LogP contribution in [-0.2, 0) is 0 Å². The molecule has 1 aromatic rings. The van der Waals surface area contributed by atoms with E-state index in [1.165, 1.54) is 6.07 Å². The predicted octanol–water partition coefficient (Wildman–Crippen LogP) is 2.48. The molecule has 76 valence electrons. The molecule has 0 saturated carbocycles. The SMILES string of the molecule is C=C(CN)COc1ccc(Br)cc1F. The molecular weight excluding hydrogens is 249 g/mol. The molecule has 4 heteroatoms. The maximum absolute atomic E-state index is 13.2. The van der Waals surface area contributed by atoms with Crippen LogP contribution in [0.5, 0.6) is 5.75 Å². The summed E-state index contributed by atoms with van der Waals surface area (Å²) in [6.07, 6.45) is 0. The van der Waals surface area contributed by atoms with Crippen LogP contribution < -0.4 is 10.5 Å². The Balaban J connectivity index is 2.63. The lowest BCUT2D eigenvalue weighted by molar-refractivity contribution is 0.331. The van der Waals surface area contributed by atoms with E-state index < -0.39 is 5.82 Å². The second-order valence-electron chi connectivity index (χ2n) is 2.82. The smallest absolute Gasteiger partial charge is 0.166 e. The quantitative estimate of drug-likeness (QED) is 0.844. The molecule has 0 radical (unpaired) electrons. The highest BCUT2D eigenvalue weighted by molar-refractivity contribution is 9.10. The van der Waals surface area contributed by atoms with Gasteiger partial charge in [-0.1, -0.05) is 22.5 Å². The molecule has 1 aromatic carbocycles. The van der Waals surface area contributed by atoms with Crippen molar-refractivity contribution in [3.05, 3.63) is 40.6 Å². The molecule has 0 amide bonds. The van der Waals surface area contributed by atoms with Crippen LogP contribution in [0.25, 0.3) is 0 Å². The molecule has 2 nitrogen and oxygen atoms in total. The summed E-state index contributed by atoms with van der Waals surface area (Å²) in [6, 6.07) is 4.62. The Morgan fingerprint density at radius 3 is 2.86 bits per heavy atom. The van der Waals surface area contributed by atoms with Crippen molar-refractivity contribution < 1.29 is 9.13 Å². The van der Waals surface area contributed by atoms with Crippen molar-refractivity contribution in [3.63, 3.8) is 0 Å². The summed E-state index contributed by atoms with van der Waals surface area (Å²) in [5, 5.41) is 0. The summed E-state index contributed by atoms with van der Waals surface area (Å²) >= 11 is 3.16. The monoisotopic (exact) mass is 259 g/mol. The van der Waals surface area contributed by atoms with Crippen LogP contribution in [0.4, 0.5) is 4.39 Å². The summed E-state index contributed by atoms with van der Waals surface area (Å²) in [4.78, 5) is 0. The summed E-state index contributed by atoms with van der Waals surface area (Å²) in [6.45, 7) is 4.24. The van der Waals surface area contributed by atoms with E-state index in [2.05, 4.69) is 22.5 Å². The van der Waals surface area contributed by atoms with Gasteiger partial charge in [0.25, 0.3) is 0 Å². The van der Waals surface area contributed by atoms with Gasteiger partial charge in [0.05, 0.1) is 0 Å². The van der Waals surface area contributed by atoms with Crippen molar-refractivity contribution in [1.82, 2.24) is 0 Å². The molecule has 0 aliphatic rings. The number of benzene rings is 1. The number of nitrogens with two attached hydrogens (primary N) is 1. The maximum atomic E-state index is 13.2. The van der Waals surface area contributed by atoms with Crippen LogP contribution in [0.1, 0.15) is 0 Å². The van der Waals surface area contributed by atoms with E-state index in [1.54, 1.807) is 12.1 Å². The Morgan fingerprint density at radius 1 is 1.57 bits per heavy atom. The van der Waals surface area contributed by atoms with Gasteiger partial charge in [0.2, 0.25) is 0 Å². The van der Waals surface area contributed by atoms with Gasteiger partial charge in [-0.05, 0) is 23.8 Å². The third-order valence-electron chi connectivity index (χ3n) is 1.61. The number of hydrogen-bond acceptors (Lipinski definition) is 2. The summed E-state index contributed by atoms with van der Waals surface area (Å²) < 4.78 is 19.0. The molecule has 14 heavy (non-hydrogen) atoms. The Bertz CT molecular complexity index is 341. The molecule has 2 N–H and O–H groups in total. The molecule has 1 rings (SSSR count). The fourth-order valence-electron chi connectivity index (χ4n) is 0.831. The van der Waals surface area contributed by atoms with E-state index in [-0.39, 0.29) is 12.4 Å². The molecule has 0 saturated heterocycles. The van der Waals surface area contributed by atoms with Gasteiger partial charge < -0.3 is 10.5 Å². The van der Waals surface area contributed by atoms with Gasteiger partial charge in [0.1, 0.15) is 6.61 Å². The average Bonchev–Trinajstić information content (AvgIpc) is 2.16. The van der Waals surface area contributed by atoms with Gasteiger partial charge in [0.15, 0.2) is 11.6 Å². The zero-order chi connectivity index (χ0) is 10.6. The highest BCUT2D eigenvalue weighted by Gasteiger charge is 2.03. The predicted molar refractivity (Wildman–Crippen MR) is 57.8 cm³/mol. The molecular formula is C10H11BrFNO. The molecule has 0 aliphatic carbocycles. The molecule has 0 fully saturated rings. The van der Waals surface area contributed by atoms with Crippen molar-refractivity contribution in [3.8, 4) is 5.75 Å². The lowest BCUT2D eigenvalue weighted by atomic mass is 10.3. The number of halogens is 2. The lowest BCUT2D eigenvalue weighted by Gasteiger charge is -2.07. The third kappa shape index (κ3) is 3.12. The molecule has 0 aliphatic heterocycles. The fraction of sp³-hybridized carbons (Fsp3) is 0.200. The summed E-state index contributed by atoms with van der Waals surface area (Å²) in [7, 11) is 0. The van der Waals surface area contributed by atoms with E-state index in [1.807, 2.05) is 0 Å². The van der Waals surface area contributed by atoms with Crippen molar-refractivity contribution >= 4 is 15.9 Å². The van der Waals surface area contributed by atoms with Gasteiger partial charge >= 0.3 is 0 Å². The zero-order valence-corrected chi connectivity index (χ0v) is 9.18. The number of rotatable bonds is 4. The summed E-state index contributed by atoms with van der Waals surface area (Å²) in [5.74, 6) is -0.188. The van der Waals surface area contributed by atoms with Gasteiger partial charge in [-0.2, -0.15) is 0 Å². The normalized spacial score (nSPS) is 9.93. The van der Waals surface area contributed by atoms with E-state index >= 15 is 0 Å². The molecule has 0 aromatic heterocycles. The first-order valence-corrected chi connectivity index (χ1v) is 4.87.